The molecule has 3 aromatic rings. The molecular weight excluding hydrogens is 350 g/mol. The van der Waals surface area contributed by atoms with E-state index in [1.54, 1.807) is 16.7 Å². The third kappa shape index (κ3) is 3.47. The van der Waals surface area contributed by atoms with Crippen LogP contribution >= 0.6 is 0 Å². The van der Waals surface area contributed by atoms with Crippen molar-refractivity contribution in [1.29, 1.82) is 0 Å². The molecule has 26 heavy (non-hydrogen) atoms. The van der Waals surface area contributed by atoms with E-state index in [4.69, 9.17) is 0 Å². The second-order valence-corrected chi connectivity index (χ2v) is 8.83. The molecule has 0 aliphatic carbocycles. The number of aromatic nitrogens is 4. The number of sulfonamides is 1. The number of hydrogen-bond acceptors (Lipinski definition) is 5. The molecule has 1 atom stereocenters. The summed E-state index contributed by atoms with van der Waals surface area (Å²) in [5.74, 6) is 0.975. The highest BCUT2D eigenvalue weighted by Gasteiger charge is 2.26. The first-order chi connectivity index (χ1) is 12.5. The zero-order chi connectivity index (χ0) is 18.1. The van der Waals surface area contributed by atoms with Gasteiger partial charge in [0.05, 0.1) is 18.1 Å². The molecule has 1 fully saturated rings. The van der Waals surface area contributed by atoms with Crippen LogP contribution in [0.3, 0.4) is 0 Å². The summed E-state index contributed by atoms with van der Waals surface area (Å²) in [5.41, 5.74) is 3.05. The molecule has 3 aromatic heterocycles. The van der Waals surface area contributed by atoms with Crippen molar-refractivity contribution < 1.29 is 8.42 Å². The Morgan fingerprint density at radius 3 is 2.96 bits per heavy atom. The molecule has 0 N–H and O–H groups in total. The van der Waals surface area contributed by atoms with Crippen LogP contribution in [0.2, 0.25) is 0 Å². The molecule has 7 nitrogen and oxygen atoms in total. The Morgan fingerprint density at radius 2 is 2.12 bits per heavy atom. The van der Waals surface area contributed by atoms with Gasteiger partial charge in [-0.05, 0) is 42.9 Å². The van der Waals surface area contributed by atoms with Crippen LogP contribution in [-0.4, -0.2) is 51.4 Å². The third-order valence-electron chi connectivity index (χ3n) is 4.85. The molecule has 1 aliphatic rings. The van der Waals surface area contributed by atoms with Gasteiger partial charge in [0, 0.05) is 43.4 Å². The van der Waals surface area contributed by atoms with Gasteiger partial charge in [-0.1, -0.05) is 0 Å². The fraction of sp³-hybridized carbons (Fsp3) is 0.389. The minimum atomic E-state index is -3.12. The number of nitrogens with zero attached hydrogens (tertiary/aromatic N) is 5. The van der Waals surface area contributed by atoms with E-state index >= 15 is 0 Å². The maximum atomic E-state index is 11.8. The minimum absolute atomic E-state index is 0.319. The molecule has 4 rings (SSSR count). The molecule has 1 unspecified atom stereocenters. The summed E-state index contributed by atoms with van der Waals surface area (Å²) >= 11 is 0. The molecule has 0 saturated carbocycles. The minimum Gasteiger partial charge on any atom is -0.284 e. The maximum Gasteiger partial charge on any atom is 0.234 e. The van der Waals surface area contributed by atoms with Crippen molar-refractivity contribution in [3.05, 3.63) is 48.7 Å². The van der Waals surface area contributed by atoms with E-state index in [-0.39, 0.29) is 0 Å². The van der Waals surface area contributed by atoms with Gasteiger partial charge in [-0.15, -0.1) is 0 Å². The monoisotopic (exact) mass is 371 g/mol. The highest BCUT2D eigenvalue weighted by atomic mass is 32.2. The summed E-state index contributed by atoms with van der Waals surface area (Å²) in [5, 5.41) is 0. The molecule has 4 heterocycles. The Kier molecular flexibility index (Phi) is 4.46. The van der Waals surface area contributed by atoms with Gasteiger partial charge in [0.15, 0.2) is 0 Å². The van der Waals surface area contributed by atoms with Gasteiger partial charge in [0.25, 0.3) is 0 Å². The first kappa shape index (κ1) is 17.1. The number of imidazole rings is 1. The van der Waals surface area contributed by atoms with Crippen LogP contribution < -0.4 is 0 Å². The quantitative estimate of drug-likeness (QED) is 0.701. The number of hydrogen-bond donors (Lipinski definition) is 0. The largest absolute Gasteiger partial charge is 0.284 e. The van der Waals surface area contributed by atoms with Crippen LogP contribution in [0.25, 0.3) is 17.0 Å². The van der Waals surface area contributed by atoms with E-state index in [0.29, 0.717) is 24.8 Å². The lowest BCUT2D eigenvalue weighted by Crippen LogP contribution is -2.39. The van der Waals surface area contributed by atoms with Gasteiger partial charge >= 0.3 is 0 Å². The zero-order valence-corrected chi connectivity index (χ0v) is 15.4. The van der Waals surface area contributed by atoms with E-state index in [1.165, 1.54) is 6.26 Å². The Labute approximate surface area is 152 Å². The second-order valence-electron chi connectivity index (χ2n) is 6.85. The van der Waals surface area contributed by atoms with Crippen LogP contribution in [0.1, 0.15) is 18.4 Å². The predicted molar refractivity (Wildman–Crippen MR) is 99.1 cm³/mol. The Hall–Kier alpha value is -2.32. The topological polar surface area (TPSA) is 80.5 Å². The fourth-order valence-corrected chi connectivity index (χ4v) is 4.55. The van der Waals surface area contributed by atoms with E-state index in [1.807, 2.05) is 29.1 Å². The molecular formula is C18H21N5O2S. The van der Waals surface area contributed by atoms with Gasteiger partial charge in [-0.3, -0.25) is 9.38 Å². The summed E-state index contributed by atoms with van der Waals surface area (Å²) in [6.07, 6.45) is 13.2. The number of piperidine rings is 1. The Balaban J connectivity index is 1.57. The van der Waals surface area contributed by atoms with Crippen LogP contribution in [0, 0.1) is 5.92 Å². The van der Waals surface area contributed by atoms with Crippen molar-refractivity contribution >= 4 is 15.8 Å². The Bertz CT molecular complexity index is 1030. The summed E-state index contributed by atoms with van der Waals surface area (Å²) in [6, 6.07) is 3.99. The highest BCUT2D eigenvalue weighted by molar-refractivity contribution is 7.88. The van der Waals surface area contributed by atoms with Crippen molar-refractivity contribution in [3.8, 4) is 11.3 Å². The molecule has 1 saturated heterocycles. The predicted octanol–water partition coefficient (Wildman–Crippen LogP) is 2.01. The summed E-state index contributed by atoms with van der Waals surface area (Å²) in [6.45, 7) is 1.21. The Morgan fingerprint density at radius 1 is 1.23 bits per heavy atom. The molecule has 0 bridgehead atoms. The lowest BCUT2D eigenvalue weighted by atomic mass is 9.92. The van der Waals surface area contributed by atoms with Gasteiger partial charge in [0.1, 0.15) is 0 Å². The fourth-order valence-electron chi connectivity index (χ4n) is 3.61. The SMILES string of the molecule is CS(=O)(=O)N1CCCC(Cc2cncc(-c3cnc4ncccn34)c2)C1. The van der Waals surface area contributed by atoms with Crippen molar-refractivity contribution in [2.75, 3.05) is 19.3 Å². The summed E-state index contributed by atoms with van der Waals surface area (Å²) in [7, 11) is -3.12. The molecule has 0 radical (unpaired) electrons. The van der Waals surface area contributed by atoms with E-state index in [0.717, 1.165) is 36.1 Å². The number of rotatable bonds is 4. The molecule has 0 aromatic carbocycles. The highest BCUT2D eigenvalue weighted by Crippen LogP contribution is 2.25. The van der Waals surface area contributed by atoms with E-state index in [2.05, 4.69) is 21.0 Å². The van der Waals surface area contributed by atoms with Crippen molar-refractivity contribution in [2.45, 2.75) is 19.3 Å². The number of fused-ring (bicyclic) bond motifs is 1. The molecule has 0 spiro atoms. The smallest absolute Gasteiger partial charge is 0.234 e. The molecule has 8 heteroatoms. The molecule has 1 aliphatic heterocycles. The average Bonchev–Trinajstić information content (AvgIpc) is 3.06. The van der Waals surface area contributed by atoms with E-state index < -0.39 is 10.0 Å². The first-order valence-electron chi connectivity index (χ1n) is 8.68. The van der Waals surface area contributed by atoms with Crippen LogP contribution in [0.5, 0.6) is 0 Å². The summed E-state index contributed by atoms with van der Waals surface area (Å²) in [4.78, 5) is 13.0. The average molecular weight is 371 g/mol. The van der Waals surface area contributed by atoms with Gasteiger partial charge < -0.3 is 0 Å². The standard InChI is InChI=1S/C18H21N5O2S/c1-26(24,25)22-6-2-4-14(13-22)8-15-9-16(11-19-10-15)17-12-21-18-20-5-3-7-23(17)18/h3,5,7,9-12,14H,2,4,6,8,13H2,1H3. The van der Waals surface area contributed by atoms with Crippen LogP contribution in [-0.2, 0) is 16.4 Å². The lowest BCUT2D eigenvalue weighted by molar-refractivity contribution is 0.266. The maximum absolute atomic E-state index is 11.8. The zero-order valence-electron chi connectivity index (χ0n) is 14.6. The lowest BCUT2D eigenvalue weighted by Gasteiger charge is -2.31. The van der Waals surface area contributed by atoms with Gasteiger partial charge in [-0.2, -0.15) is 0 Å². The van der Waals surface area contributed by atoms with E-state index in [9.17, 15) is 8.42 Å². The number of pyridine rings is 1. The molecule has 0 amide bonds. The molecule has 136 valence electrons. The third-order valence-corrected chi connectivity index (χ3v) is 6.12. The van der Waals surface area contributed by atoms with Crippen molar-refractivity contribution in [3.63, 3.8) is 0 Å². The first-order valence-corrected chi connectivity index (χ1v) is 10.5. The normalized spacial score (nSPS) is 19.0. The van der Waals surface area contributed by atoms with Crippen LogP contribution in [0.4, 0.5) is 0 Å². The van der Waals surface area contributed by atoms with Crippen molar-refractivity contribution in [1.82, 2.24) is 23.7 Å². The summed E-state index contributed by atoms with van der Waals surface area (Å²) < 4.78 is 27.2. The van der Waals surface area contributed by atoms with Crippen LogP contribution in [0.15, 0.2) is 43.1 Å². The van der Waals surface area contributed by atoms with Gasteiger partial charge in [0.2, 0.25) is 15.8 Å². The van der Waals surface area contributed by atoms with Gasteiger partial charge in [-0.25, -0.2) is 22.7 Å². The second kappa shape index (κ2) is 6.77. The van der Waals surface area contributed by atoms with Crippen molar-refractivity contribution in [2.24, 2.45) is 5.92 Å².